The maximum atomic E-state index is 12.5. The van der Waals surface area contributed by atoms with Crippen LogP contribution in [0.2, 0.25) is 0 Å². The van der Waals surface area contributed by atoms with Crippen molar-refractivity contribution < 1.29 is 14.3 Å². The zero-order valence-corrected chi connectivity index (χ0v) is 15.2. The maximum absolute atomic E-state index is 12.5. The molecule has 7 heteroatoms. The van der Waals surface area contributed by atoms with Gasteiger partial charge in [-0.05, 0) is 31.2 Å². The molecule has 1 saturated heterocycles. The molecule has 0 saturated carbocycles. The Morgan fingerprint density at radius 1 is 1.12 bits per heavy atom. The Morgan fingerprint density at radius 2 is 1.83 bits per heavy atom. The van der Waals surface area contributed by atoms with Gasteiger partial charge < -0.3 is 19.1 Å². The van der Waals surface area contributed by atoms with Crippen LogP contribution in [0.15, 0.2) is 34.9 Å². The predicted octanol–water partition coefficient (Wildman–Crippen LogP) is 2.70. The average molecular weight is 394 g/mol. The number of fused-ring (bicyclic) bond motifs is 1. The SMILES string of the molecule is CCOC(=O)N1CCN(C(=O)Cn2ccc3cc(Br)ccc32)CC1. The zero-order valence-electron chi connectivity index (χ0n) is 13.6. The summed E-state index contributed by atoms with van der Waals surface area (Å²) in [6.07, 6.45) is 1.63. The van der Waals surface area contributed by atoms with Crippen LogP contribution < -0.4 is 0 Å². The fourth-order valence-electron chi connectivity index (χ4n) is 2.91. The van der Waals surface area contributed by atoms with Crippen molar-refractivity contribution in [2.24, 2.45) is 0 Å². The smallest absolute Gasteiger partial charge is 0.409 e. The highest BCUT2D eigenvalue weighted by Gasteiger charge is 2.24. The molecule has 1 aliphatic heterocycles. The minimum Gasteiger partial charge on any atom is -0.450 e. The predicted molar refractivity (Wildman–Crippen MR) is 94.8 cm³/mol. The van der Waals surface area contributed by atoms with Crippen LogP contribution in [0.25, 0.3) is 10.9 Å². The number of piperazine rings is 1. The van der Waals surface area contributed by atoms with E-state index in [0.717, 1.165) is 15.4 Å². The summed E-state index contributed by atoms with van der Waals surface area (Å²) in [4.78, 5) is 27.7. The Morgan fingerprint density at radius 3 is 2.54 bits per heavy atom. The summed E-state index contributed by atoms with van der Waals surface area (Å²) in [6.45, 7) is 4.59. The van der Waals surface area contributed by atoms with E-state index in [1.54, 1.807) is 16.7 Å². The lowest BCUT2D eigenvalue weighted by molar-refractivity contribution is -0.133. The number of halogens is 1. The minimum atomic E-state index is -0.299. The number of nitrogens with zero attached hydrogens (tertiary/aromatic N) is 3. The second-order valence-corrected chi connectivity index (χ2v) is 6.63. The van der Waals surface area contributed by atoms with E-state index in [-0.39, 0.29) is 12.0 Å². The molecule has 0 atom stereocenters. The van der Waals surface area contributed by atoms with Gasteiger partial charge in [0.1, 0.15) is 6.54 Å². The van der Waals surface area contributed by atoms with E-state index in [1.165, 1.54) is 0 Å². The van der Waals surface area contributed by atoms with Gasteiger partial charge in [0.15, 0.2) is 0 Å². The first kappa shape index (κ1) is 16.8. The van der Waals surface area contributed by atoms with Gasteiger partial charge in [0.05, 0.1) is 6.61 Å². The highest BCUT2D eigenvalue weighted by atomic mass is 79.9. The molecule has 0 radical (unpaired) electrons. The first-order valence-electron chi connectivity index (χ1n) is 8.02. The van der Waals surface area contributed by atoms with Crippen molar-refractivity contribution in [3.8, 4) is 0 Å². The summed E-state index contributed by atoms with van der Waals surface area (Å²) in [7, 11) is 0. The topological polar surface area (TPSA) is 54.8 Å². The molecule has 128 valence electrons. The number of carbonyl (C=O) groups is 2. The molecule has 1 aromatic heterocycles. The third kappa shape index (κ3) is 3.56. The molecular weight excluding hydrogens is 374 g/mol. The number of aromatic nitrogens is 1. The van der Waals surface area contributed by atoms with Gasteiger partial charge in [-0.25, -0.2) is 4.79 Å². The van der Waals surface area contributed by atoms with Gasteiger partial charge in [-0.3, -0.25) is 4.79 Å². The average Bonchev–Trinajstić information content (AvgIpc) is 2.97. The molecule has 0 spiro atoms. The lowest BCUT2D eigenvalue weighted by Gasteiger charge is -2.34. The molecule has 0 bridgehead atoms. The molecule has 2 heterocycles. The van der Waals surface area contributed by atoms with Gasteiger partial charge in [-0.1, -0.05) is 15.9 Å². The first-order chi connectivity index (χ1) is 11.6. The Labute approximate surface area is 149 Å². The quantitative estimate of drug-likeness (QED) is 0.805. The van der Waals surface area contributed by atoms with Crippen LogP contribution in [-0.4, -0.2) is 59.2 Å². The lowest BCUT2D eigenvalue weighted by atomic mass is 10.2. The molecule has 6 nitrogen and oxygen atoms in total. The molecular formula is C17H20BrN3O3. The lowest BCUT2D eigenvalue weighted by Crippen LogP contribution is -2.51. The van der Waals surface area contributed by atoms with Gasteiger partial charge in [0.25, 0.3) is 0 Å². The molecule has 0 unspecified atom stereocenters. The Hall–Kier alpha value is -2.02. The van der Waals surface area contributed by atoms with Crippen LogP contribution in [0, 0.1) is 0 Å². The summed E-state index contributed by atoms with van der Waals surface area (Å²) in [5.74, 6) is 0.0685. The van der Waals surface area contributed by atoms with Crippen LogP contribution in [0.1, 0.15) is 6.92 Å². The number of benzene rings is 1. The minimum absolute atomic E-state index is 0.0685. The molecule has 1 aromatic carbocycles. The van der Waals surface area contributed by atoms with Gasteiger partial charge in [0.2, 0.25) is 5.91 Å². The fraction of sp³-hybridized carbons (Fsp3) is 0.412. The van der Waals surface area contributed by atoms with E-state index in [9.17, 15) is 9.59 Å². The van der Waals surface area contributed by atoms with Gasteiger partial charge in [-0.2, -0.15) is 0 Å². The van der Waals surface area contributed by atoms with Crippen LogP contribution in [-0.2, 0) is 16.1 Å². The van der Waals surface area contributed by atoms with E-state index in [4.69, 9.17) is 4.74 Å². The second kappa shape index (κ2) is 7.25. The third-order valence-corrected chi connectivity index (χ3v) is 4.69. The first-order valence-corrected chi connectivity index (χ1v) is 8.81. The zero-order chi connectivity index (χ0) is 17.1. The Balaban J connectivity index is 1.60. The molecule has 0 N–H and O–H groups in total. The van der Waals surface area contributed by atoms with Crippen molar-refractivity contribution in [1.82, 2.24) is 14.4 Å². The van der Waals surface area contributed by atoms with E-state index in [2.05, 4.69) is 15.9 Å². The molecule has 2 amide bonds. The maximum Gasteiger partial charge on any atom is 0.409 e. The van der Waals surface area contributed by atoms with Crippen molar-refractivity contribution >= 4 is 38.8 Å². The van der Waals surface area contributed by atoms with Crippen molar-refractivity contribution in [3.05, 3.63) is 34.9 Å². The molecule has 1 aliphatic rings. The van der Waals surface area contributed by atoms with Crippen molar-refractivity contribution in [2.45, 2.75) is 13.5 Å². The fourth-order valence-corrected chi connectivity index (χ4v) is 3.29. The highest BCUT2D eigenvalue weighted by Crippen LogP contribution is 2.21. The third-order valence-electron chi connectivity index (χ3n) is 4.20. The number of hydrogen-bond acceptors (Lipinski definition) is 3. The van der Waals surface area contributed by atoms with E-state index < -0.39 is 0 Å². The number of ether oxygens (including phenoxy) is 1. The molecule has 3 rings (SSSR count). The largest absolute Gasteiger partial charge is 0.450 e. The Bertz CT molecular complexity index is 751. The highest BCUT2D eigenvalue weighted by molar-refractivity contribution is 9.10. The normalized spacial score (nSPS) is 14.9. The summed E-state index contributed by atoms with van der Waals surface area (Å²) in [5.41, 5.74) is 1.04. The van der Waals surface area contributed by atoms with Gasteiger partial charge in [0, 0.05) is 47.8 Å². The summed E-state index contributed by atoms with van der Waals surface area (Å²) in [6, 6.07) is 8.02. The van der Waals surface area contributed by atoms with E-state index >= 15 is 0 Å². The summed E-state index contributed by atoms with van der Waals surface area (Å²) >= 11 is 3.46. The van der Waals surface area contributed by atoms with Gasteiger partial charge in [-0.15, -0.1) is 0 Å². The summed E-state index contributed by atoms with van der Waals surface area (Å²) < 4.78 is 7.98. The van der Waals surface area contributed by atoms with Crippen LogP contribution in [0.5, 0.6) is 0 Å². The second-order valence-electron chi connectivity index (χ2n) is 5.71. The van der Waals surface area contributed by atoms with Gasteiger partial charge >= 0.3 is 6.09 Å². The number of amides is 2. The standard InChI is InChI=1S/C17H20BrN3O3/c1-2-24-17(23)20-9-7-19(8-10-20)16(22)12-21-6-5-13-11-14(18)3-4-15(13)21/h3-6,11H,2,7-10,12H2,1H3. The monoisotopic (exact) mass is 393 g/mol. The molecule has 24 heavy (non-hydrogen) atoms. The number of rotatable bonds is 3. The van der Waals surface area contributed by atoms with Crippen molar-refractivity contribution in [2.75, 3.05) is 32.8 Å². The van der Waals surface area contributed by atoms with Crippen LogP contribution in [0.3, 0.4) is 0 Å². The number of hydrogen-bond donors (Lipinski definition) is 0. The van der Waals surface area contributed by atoms with Crippen molar-refractivity contribution in [1.29, 1.82) is 0 Å². The van der Waals surface area contributed by atoms with Crippen LogP contribution >= 0.6 is 15.9 Å². The van der Waals surface area contributed by atoms with E-state index in [0.29, 0.717) is 39.3 Å². The molecule has 0 aliphatic carbocycles. The van der Waals surface area contributed by atoms with E-state index in [1.807, 2.05) is 35.0 Å². The summed E-state index contributed by atoms with van der Waals surface area (Å²) in [5, 5.41) is 1.10. The van der Waals surface area contributed by atoms with Crippen molar-refractivity contribution in [3.63, 3.8) is 0 Å². The Kier molecular flexibility index (Phi) is 5.08. The van der Waals surface area contributed by atoms with Crippen LogP contribution in [0.4, 0.5) is 4.79 Å². The molecule has 2 aromatic rings. The number of carbonyl (C=O) groups excluding carboxylic acids is 2. The molecule has 1 fully saturated rings.